The molecule has 2 heterocycles. The number of aromatic nitrogens is 2. The smallest absolute Gasteiger partial charge is 0.240 e. The third kappa shape index (κ3) is 2.80. The standard InChI is InChI=1S/C14H25N5O/c1-9(2)16-8-11-10(3)17-18(4)14(11)19-7-5-6-12(19)13(15)20/h9,12,16H,5-8H2,1-4H3,(H2,15,20). The minimum Gasteiger partial charge on any atom is -0.368 e. The van der Waals surface area contributed by atoms with Crippen molar-refractivity contribution in [3.05, 3.63) is 11.3 Å². The number of carbonyl (C=O) groups is 1. The number of nitrogens with two attached hydrogens (primary N) is 1. The van der Waals surface area contributed by atoms with Crippen molar-refractivity contribution in [2.75, 3.05) is 11.4 Å². The van der Waals surface area contributed by atoms with Crippen molar-refractivity contribution in [3.63, 3.8) is 0 Å². The number of hydrogen-bond donors (Lipinski definition) is 2. The van der Waals surface area contributed by atoms with Crippen molar-refractivity contribution < 1.29 is 4.79 Å². The fourth-order valence-corrected chi connectivity index (χ4v) is 2.88. The summed E-state index contributed by atoms with van der Waals surface area (Å²) in [5.41, 5.74) is 7.70. The van der Waals surface area contributed by atoms with Crippen LogP contribution >= 0.6 is 0 Å². The molecule has 0 aliphatic carbocycles. The van der Waals surface area contributed by atoms with Gasteiger partial charge in [-0.2, -0.15) is 5.10 Å². The van der Waals surface area contributed by atoms with E-state index in [1.165, 1.54) is 0 Å². The average molecular weight is 279 g/mol. The fourth-order valence-electron chi connectivity index (χ4n) is 2.88. The summed E-state index contributed by atoms with van der Waals surface area (Å²) in [5.74, 6) is 0.779. The summed E-state index contributed by atoms with van der Waals surface area (Å²) in [4.78, 5) is 13.7. The van der Waals surface area contributed by atoms with Crippen LogP contribution in [0.15, 0.2) is 0 Å². The second-order valence-corrected chi connectivity index (χ2v) is 5.80. The average Bonchev–Trinajstić information content (AvgIpc) is 2.90. The first-order chi connectivity index (χ1) is 9.41. The molecule has 3 N–H and O–H groups in total. The predicted octanol–water partition coefficient (Wildman–Crippen LogP) is 0.681. The monoisotopic (exact) mass is 279 g/mol. The molecule has 20 heavy (non-hydrogen) atoms. The Morgan fingerprint density at radius 3 is 2.85 bits per heavy atom. The first-order valence-electron chi connectivity index (χ1n) is 7.23. The second kappa shape index (κ2) is 5.83. The van der Waals surface area contributed by atoms with Crippen LogP contribution in [0.3, 0.4) is 0 Å². The van der Waals surface area contributed by atoms with Gasteiger partial charge >= 0.3 is 0 Å². The van der Waals surface area contributed by atoms with E-state index in [4.69, 9.17) is 5.73 Å². The highest BCUT2D eigenvalue weighted by atomic mass is 16.1. The molecule has 2 rings (SSSR count). The van der Waals surface area contributed by atoms with E-state index in [0.717, 1.165) is 43.0 Å². The van der Waals surface area contributed by atoms with E-state index < -0.39 is 0 Å². The topological polar surface area (TPSA) is 76.2 Å². The molecule has 1 aromatic heterocycles. The maximum atomic E-state index is 11.6. The summed E-state index contributed by atoms with van der Waals surface area (Å²) < 4.78 is 1.87. The number of nitrogens with one attached hydrogen (secondary N) is 1. The van der Waals surface area contributed by atoms with Crippen molar-refractivity contribution in [3.8, 4) is 0 Å². The summed E-state index contributed by atoms with van der Waals surface area (Å²) in [6.07, 6.45) is 1.82. The van der Waals surface area contributed by atoms with Crippen molar-refractivity contribution in [2.45, 2.75) is 52.2 Å². The van der Waals surface area contributed by atoms with E-state index in [-0.39, 0.29) is 11.9 Å². The molecule has 6 nitrogen and oxygen atoms in total. The Balaban J connectivity index is 2.32. The molecule has 1 aliphatic heterocycles. The largest absolute Gasteiger partial charge is 0.368 e. The Hall–Kier alpha value is -1.56. The number of carbonyl (C=O) groups excluding carboxylic acids is 1. The number of amides is 1. The van der Waals surface area contributed by atoms with Gasteiger partial charge in [-0.3, -0.25) is 9.48 Å². The molecule has 1 saturated heterocycles. The van der Waals surface area contributed by atoms with E-state index in [1.807, 2.05) is 18.7 Å². The molecule has 0 spiro atoms. The molecule has 1 aromatic rings. The summed E-state index contributed by atoms with van der Waals surface area (Å²) in [6.45, 7) is 7.87. The lowest BCUT2D eigenvalue weighted by Crippen LogP contribution is -2.41. The van der Waals surface area contributed by atoms with Gasteiger partial charge in [0.25, 0.3) is 0 Å². The van der Waals surface area contributed by atoms with Crippen molar-refractivity contribution in [1.29, 1.82) is 0 Å². The number of hydrogen-bond acceptors (Lipinski definition) is 4. The molecule has 0 bridgehead atoms. The zero-order chi connectivity index (χ0) is 14.9. The zero-order valence-electron chi connectivity index (χ0n) is 12.8. The van der Waals surface area contributed by atoms with Crippen LogP contribution in [-0.2, 0) is 18.4 Å². The van der Waals surface area contributed by atoms with Gasteiger partial charge in [0.15, 0.2) is 0 Å². The normalized spacial score (nSPS) is 19.1. The van der Waals surface area contributed by atoms with E-state index in [0.29, 0.717) is 6.04 Å². The van der Waals surface area contributed by atoms with Gasteiger partial charge in [-0.25, -0.2) is 0 Å². The number of aryl methyl sites for hydroxylation is 2. The van der Waals surface area contributed by atoms with E-state index >= 15 is 0 Å². The number of anilines is 1. The molecule has 0 saturated carbocycles. The molecule has 1 amide bonds. The fraction of sp³-hybridized carbons (Fsp3) is 0.714. The lowest BCUT2D eigenvalue weighted by Gasteiger charge is -2.26. The van der Waals surface area contributed by atoms with Gasteiger partial charge in [0.05, 0.1) is 5.69 Å². The zero-order valence-corrected chi connectivity index (χ0v) is 12.8. The van der Waals surface area contributed by atoms with Crippen LogP contribution in [0.25, 0.3) is 0 Å². The van der Waals surface area contributed by atoms with Gasteiger partial charge in [-0.05, 0) is 19.8 Å². The van der Waals surface area contributed by atoms with Crippen LogP contribution in [0, 0.1) is 6.92 Å². The summed E-state index contributed by atoms with van der Waals surface area (Å²) in [5, 5.41) is 7.94. The second-order valence-electron chi connectivity index (χ2n) is 5.80. The maximum absolute atomic E-state index is 11.6. The Kier molecular flexibility index (Phi) is 4.32. The van der Waals surface area contributed by atoms with Crippen molar-refractivity contribution in [1.82, 2.24) is 15.1 Å². The Morgan fingerprint density at radius 1 is 1.55 bits per heavy atom. The Labute approximate surface area is 120 Å². The molecular weight excluding hydrogens is 254 g/mol. The van der Waals surface area contributed by atoms with Crippen LogP contribution in [0.1, 0.15) is 37.9 Å². The molecule has 1 atom stereocenters. The van der Waals surface area contributed by atoms with Gasteiger partial charge in [-0.15, -0.1) is 0 Å². The van der Waals surface area contributed by atoms with Gasteiger partial charge in [0, 0.05) is 31.7 Å². The molecule has 1 fully saturated rings. The highest BCUT2D eigenvalue weighted by Gasteiger charge is 2.33. The van der Waals surface area contributed by atoms with E-state index in [2.05, 4.69) is 29.2 Å². The SMILES string of the molecule is Cc1nn(C)c(N2CCCC2C(N)=O)c1CNC(C)C. The first kappa shape index (κ1) is 14.8. The molecule has 1 unspecified atom stereocenters. The van der Waals surface area contributed by atoms with Gasteiger partial charge in [-0.1, -0.05) is 13.8 Å². The highest BCUT2D eigenvalue weighted by molar-refractivity contribution is 5.84. The Bertz CT molecular complexity index is 494. The summed E-state index contributed by atoms with van der Waals surface area (Å²) >= 11 is 0. The van der Waals surface area contributed by atoms with Crippen LogP contribution in [-0.4, -0.2) is 34.3 Å². The van der Waals surface area contributed by atoms with Gasteiger partial charge in [0.1, 0.15) is 11.9 Å². The Morgan fingerprint density at radius 2 is 2.25 bits per heavy atom. The first-order valence-corrected chi connectivity index (χ1v) is 7.23. The third-order valence-electron chi connectivity index (χ3n) is 3.85. The molecule has 112 valence electrons. The molecule has 6 heteroatoms. The predicted molar refractivity (Wildman–Crippen MR) is 79.5 cm³/mol. The summed E-state index contributed by atoms with van der Waals surface area (Å²) in [7, 11) is 1.93. The number of primary amides is 1. The van der Waals surface area contributed by atoms with Crippen LogP contribution < -0.4 is 16.0 Å². The molecule has 1 aliphatic rings. The maximum Gasteiger partial charge on any atom is 0.240 e. The van der Waals surface area contributed by atoms with Crippen LogP contribution in [0.5, 0.6) is 0 Å². The van der Waals surface area contributed by atoms with Gasteiger partial charge in [0.2, 0.25) is 5.91 Å². The lowest BCUT2D eigenvalue weighted by molar-refractivity contribution is -0.119. The number of nitrogens with zero attached hydrogens (tertiary/aromatic N) is 3. The highest BCUT2D eigenvalue weighted by Crippen LogP contribution is 2.30. The summed E-state index contributed by atoms with van der Waals surface area (Å²) in [6, 6.07) is 0.204. The molecule has 0 aromatic carbocycles. The van der Waals surface area contributed by atoms with Crippen LogP contribution in [0.4, 0.5) is 5.82 Å². The van der Waals surface area contributed by atoms with Crippen molar-refractivity contribution in [2.24, 2.45) is 12.8 Å². The quantitative estimate of drug-likeness (QED) is 0.831. The lowest BCUT2D eigenvalue weighted by atomic mass is 10.2. The molecule has 0 radical (unpaired) electrons. The van der Waals surface area contributed by atoms with Gasteiger partial charge < -0.3 is 16.0 Å². The minimum atomic E-state index is -0.246. The molecular formula is C14H25N5O. The van der Waals surface area contributed by atoms with Crippen LogP contribution in [0.2, 0.25) is 0 Å². The van der Waals surface area contributed by atoms with E-state index in [1.54, 1.807) is 0 Å². The van der Waals surface area contributed by atoms with Crippen molar-refractivity contribution >= 4 is 11.7 Å². The number of rotatable bonds is 5. The third-order valence-corrected chi connectivity index (χ3v) is 3.85. The minimum absolute atomic E-state index is 0.206. The van der Waals surface area contributed by atoms with E-state index in [9.17, 15) is 4.79 Å².